The second-order valence-electron chi connectivity index (χ2n) is 12.5. The monoisotopic (exact) mass is 584 g/mol. The molecule has 46 heavy (non-hydrogen) atoms. The van der Waals surface area contributed by atoms with Crippen LogP contribution in [0.25, 0.3) is 54.9 Å². The summed E-state index contributed by atoms with van der Waals surface area (Å²) < 4.78 is 6.56. The molecule has 0 bridgehead atoms. The Morgan fingerprint density at radius 1 is 0.348 bits per heavy atom. The molecule has 2 aliphatic rings. The summed E-state index contributed by atoms with van der Waals surface area (Å²) in [5, 5.41) is 4.91. The van der Waals surface area contributed by atoms with E-state index in [1.54, 1.807) is 0 Å². The molecule has 10 rings (SSSR count). The van der Waals surface area contributed by atoms with E-state index in [1.807, 2.05) is 0 Å². The molecular weight excluding hydrogens is 556 g/mol. The number of hydrogen-bond donors (Lipinski definition) is 0. The van der Waals surface area contributed by atoms with E-state index in [9.17, 15) is 0 Å². The van der Waals surface area contributed by atoms with Crippen molar-refractivity contribution >= 4 is 21.5 Å². The Balaban J connectivity index is 1.20. The van der Waals surface area contributed by atoms with Gasteiger partial charge in [0.1, 0.15) is 11.5 Å². The van der Waals surface area contributed by atoms with Crippen LogP contribution < -0.4 is 4.74 Å². The molecule has 0 saturated heterocycles. The van der Waals surface area contributed by atoms with Crippen molar-refractivity contribution in [3.8, 4) is 44.9 Å². The van der Waals surface area contributed by atoms with Gasteiger partial charge in [-0.2, -0.15) is 0 Å². The number of ether oxygens (including phenoxy) is 1. The highest BCUT2D eigenvalue weighted by Gasteiger charge is 2.46. The summed E-state index contributed by atoms with van der Waals surface area (Å²) in [7, 11) is 0. The molecule has 214 valence electrons. The molecule has 8 aromatic rings. The van der Waals surface area contributed by atoms with Crippen LogP contribution in [0.2, 0.25) is 0 Å². The maximum atomic E-state index is 6.56. The highest BCUT2D eigenvalue weighted by atomic mass is 16.5. The summed E-state index contributed by atoms with van der Waals surface area (Å²) in [6.45, 7) is 0. The molecule has 1 unspecified atom stereocenters. The second-order valence-corrected chi connectivity index (χ2v) is 12.5. The van der Waals surface area contributed by atoms with Crippen LogP contribution in [-0.2, 0) is 5.41 Å². The highest BCUT2D eigenvalue weighted by Crippen LogP contribution is 2.57. The molecule has 1 nitrogen and oxygen atoms in total. The van der Waals surface area contributed by atoms with Gasteiger partial charge in [-0.15, -0.1) is 0 Å². The molecule has 0 aromatic heterocycles. The zero-order valence-corrected chi connectivity index (χ0v) is 25.1. The lowest BCUT2D eigenvalue weighted by Crippen LogP contribution is -2.28. The van der Waals surface area contributed by atoms with Gasteiger partial charge >= 0.3 is 0 Å². The van der Waals surface area contributed by atoms with Gasteiger partial charge in [-0.05, 0) is 103 Å². The van der Waals surface area contributed by atoms with Gasteiger partial charge in [0, 0.05) is 10.9 Å². The van der Waals surface area contributed by atoms with E-state index in [0.29, 0.717) is 0 Å². The van der Waals surface area contributed by atoms with E-state index >= 15 is 0 Å². The summed E-state index contributed by atoms with van der Waals surface area (Å²) in [4.78, 5) is 0. The summed E-state index contributed by atoms with van der Waals surface area (Å²) in [5.41, 5.74) is 12.0. The highest BCUT2D eigenvalue weighted by molar-refractivity contribution is 6.04. The first-order chi connectivity index (χ1) is 22.8. The topological polar surface area (TPSA) is 9.23 Å². The van der Waals surface area contributed by atoms with Gasteiger partial charge < -0.3 is 4.74 Å². The minimum Gasteiger partial charge on any atom is -0.456 e. The minimum atomic E-state index is -0.466. The molecule has 0 saturated carbocycles. The van der Waals surface area contributed by atoms with Crippen LogP contribution in [-0.4, -0.2) is 0 Å². The predicted molar refractivity (Wildman–Crippen MR) is 190 cm³/mol. The Kier molecular flexibility index (Phi) is 5.27. The average molecular weight is 585 g/mol. The molecule has 0 N–H and O–H groups in total. The van der Waals surface area contributed by atoms with Crippen LogP contribution in [0.4, 0.5) is 0 Å². The van der Waals surface area contributed by atoms with Crippen molar-refractivity contribution in [3.63, 3.8) is 0 Å². The first-order valence-electron chi connectivity index (χ1n) is 15.9. The average Bonchev–Trinajstić information content (AvgIpc) is 3.41. The lowest BCUT2D eigenvalue weighted by atomic mass is 9.67. The van der Waals surface area contributed by atoms with Gasteiger partial charge in [0.2, 0.25) is 0 Å². The van der Waals surface area contributed by atoms with E-state index in [1.165, 1.54) is 66.1 Å². The van der Waals surface area contributed by atoms with Crippen molar-refractivity contribution in [3.05, 3.63) is 192 Å². The van der Waals surface area contributed by atoms with E-state index in [4.69, 9.17) is 4.74 Å². The molecule has 1 atom stereocenters. The largest absolute Gasteiger partial charge is 0.456 e. The molecule has 1 aliphatic carbocycles. The van der Waals surface area contributed by atoms with Crippen LogP contribution in [0.15, 0.2) is 170 Å². The Bertz CT molecular complexity index is 2500. The fourth-order valence-corrected chi connectivity index (χ4v) is 8.12. The lowest BCUT2D eigenvalue weighted by Gasteiger charge is -2.34. The standard InChI is InChI=1S/C45H28O/c1-2-16-34(17-3-1)45(40-21-7-6-19-36(40)39-26-31-11-4-5-12-32(31)27-41(39)45)35-18-8-15-30(25-35)33-23-24-37-38-20-9-13-29-14-10-22-42(44(29)38)46-43(37)28-33/h1-28H. The number of fused-ring (bicyclic) bond motifs is 6. The van der Waals surface area contributed by atoms with E-state index < -0.39 is 5.41 Å². The van der Waals surface area contributed by atoms with Gasteiger partial charge in [0.25, 0.3) is 0 Å². The van der Waals surface area contributed by atoms with E-state index in [0.717, 1.165) is 22.6 Å². The normalized spacial score (nSPS) is 15.7. The van der Waals surface area contributed by atoms with Gasteiger partial charge in [0.05, 0.1) is 5.41 Å². The molecule has 8 aromatic carbocycles. The summed E-state index contributed by atoms with van der Waals surface area (Å²) in [6, 6.07) is 62.1. The van der Waals surface area contributed by atoms with Crippen molar-refractivity contribution in [2.75, 3.05) is 0 Å². The SMILES string of the molecule is c1ccc(C2(c3cccc(-c4ccc5c(c4)Oc4cccc6cccc-5c46)c3)c3ccccc3-c3cc4ccccc4cc32)cc1. The lowest BCUT2D eigenvalue weighted by molar-refractivity contribution is 0.487. The Labute approximate surface area is 268 Å². The maximum Gasteiger partial charge on any atom is 0.135 e. The quantitative estimate of drug-likeness (QED) is 0.201. The molecule has 1 heteroatoms. The van der Waals surface area contributed by atoms with Gasteiger partial charge in [-0.1, -0.05) is 133 Å². The Morgan fingerprint density at radius 2 is 1.02 bits per heavy atom. The maximum absolute atomic E-state index is 6.56. The van der Waals surface area contributed by atoms with Crippen LogP contribution in [0.5, 0.6) is 11.5 Å². The number of rotatable bonds is 3. The molecule has 0 radical (unpaired) electrons. The molecule has 1 aliphatic heterocycles. The zero-order valence-electron chi connectivity index (χ0n) is 25.1. The molecule has 0 amide bonds. The van der Waals surface area contributed by atoms with Gasteiger partial charge in [-0.25, -0.2) is 0 Å². The minimum absolute atomic E-state index is 0.466. The molecule has 1 heterocycles. The van der Waals surface area contributed by atoms with E-state index in [2.05, 4.69) is 170 Å². The fraction of sp³-hybridized carbons (Fsp3) is 0.0222. The van der Waals surface area contributed by atoms with E-state index in [-0.39, 0.29) is 0 Å². The molecular formula is C45H28O. The third-order valence-electron chi connectivity index (χ3n) is 10.1. The smallest absolute Gasteiger partial charge is 0.135 e. The number of hydrogen-bond acceptors (Lipinski definition) is 1. The van der Waals surface area contributed by atoms with Crippen molar-refractivity contribution < 1.29 is 4.74 Å². The first-order valence-corrected chi connectivity index (χ1v) is 15.9. The van der Waals surface area contributed by atoms with Crippen molar-refractivity contribution in [1.82, 2.24) is 0 Å². The summed E-state index contributed by atoms with van der Waals surface area (Å²) in [5.74, 6) is 1.82. The second kappa shape index (κ2) is 9.54. The van der Waals surface area contributed by atoms with Crippen LogP contribution >= 0.6 is 0 Å². The van der Waals surface area contributed by atoms with Crippen LogP contribution in [0, 0.1) is 0 Å². The third kappa shape index (κ3) is 3.46. The van der Waals surface area contributed by atoms with Crippen molar-refractivity contribution in [2.24, 2.45) is 0 Å². The van der Waals surface area contributed by atoms with Crippen molar-refractivity contribution in [1.29, 1.82) is 0 Å². The first kappa shape index (κ1) is 25.4. The third-order valence-corrected chi connectivity index (χ3v) is 10.1. The Morgan fingerprint density at radius 3 is 1.91 bits per heavy atom. The van der Waals surface area contributed by atoms with Crippen LogP contribution in [0.1, 0.15) is 22.3 Å². The van der Waals surface area contributed by atoms with Gasteiger partial charge in [-0.3, -0.25) is 0 Å². The summed E-state index contributed by atoms with van der Waals surface area (Å²) in [6.07, 6.45) is 0. The molecule has 0 spiro atoms. The Hall–Kier alpha value is -5.92. The fourth-order valence-electron chi connectivity index (χ4n) is 8.12. The zero-order chi connectivity index (χ0) is 30.2. The van der Waals surface area contributed by atoms with Crippen LogP contribution in [0.3, 0.4) is 0 Å². The molecule has 0 fully saturated rings. The number of benzene rings is 8. The summed E-state index contributed by atoms with van der Waals surface area (Å²) >= 11 is 0. The van der Waals surface area contributed by atoms with Gasteiger partial charge in [0.15, 0.2) is 0 Å². The van der Waals surface area contributed by atoms with Crippen molar-refractivity contribution in [2.45, 2.75) is 5.41 Å². The predicted octanol–water partition coefficient (Wildman–Crippen LogP) is 11.8.